The molecule has 0 fully saturated rings. The highest BCUT2D eigenvalue weighted by Crippen LogP contribution is 2.37. The first-order chi connectivity index (χ1) is 8.47. The lowest BCUT2D eigenvalue weighted by molar-refractivity contribution is 0.270. The number of rotatable bonds is 3. The molecule has 0 aliphatic rings. The quantitative estimate of drug-likeness (QED) is 0.512. The molecule has 0 heterocycles. The number of hydrogen-bond acceptors (Lipinski definition) is 1. The van der Waals surface area contributed by atoms with Crippen LogP contribution in [-0.2, 0) is 11.0 Å². The summed E-state index contributed by atoms with van der Waals surface area (Å²) in [6.45, 7) is 12.2. The van der Waals surface area contributed by atoms with Gasteiger partial charge in [0, 0.05) is 11.1 Å². The topological polar surface area (TPSA) is 9.23 Å². The molecule has 1 aromatic rings. The van der Waals surface area contributed by atoms with E-state index in [-0.39, 0.29) is 27.2 Å². The van der Waals surface area contributed by atoms with E-state index in [1.165, 1.54) is 6.07 Å². The number of hydrogen-bond donors (Lipinski definition) is 0. The fourth-order valence-electron chi connectivity index (χ4n) is 1.38. The predicted molar refractivity (Wildman–Crippen MR) is 80.8 cm³/mol. The van der Waals surface area contributed by atoms with Crippen molar-refractivity contribution >= 4 is 24.2 Å². The van der Waals surface area contributed by atoms with Gasteiger partial charge in [0.2, 0.25) is 0 Å². The molecule has 0 saturated carbocycles. The molecule has 0 amide bonds. The Balaban J connectivity index is 2.97. The molecule has 0 aliphatic carbocycles. The average Bonchev–Trinajstić information content (AvgIpc) is 2.28. The summed E-state index contributed by atoms with van der Waals surface area (Å²) in [4.78, 5) is 0. The van der Waals surface area contributed by atoms with Gasteiger partial charge in [-0.3, -0.25) is 0 Å². The molecule has 0 aromatic heterocycles. The van der Waals surface area contributed by atoms with E-state index in [2.05, 4.69) is 49.8 Å². The molecule has 1 aromatic carbocycles. The largest absolute Gasteiger partial charge is 0.412 e. The van der Waals surface area contributed by atoms with Crippen molar-refractivity contribution in [1.82, 2.24) is 0 Å². The molecular formula is C14H21BrF2OSi. The Kier molecular flexibility index (Phi) is 4.97. The maximum atomic E-state index is 14.1. The van der Waals surface area contributed by atoms with E-state index in [0.29, 0.717) is 0 Å². The molecule has 0 radical (unpaired) electrons. The van der Waals surface area contributed by atoms with Gasteiger partial charge in [-0.15, -0.1) is 0 Å². The van der Waals surface area contributed by atoms with Crippen LogP contribution in [0.1, 0.15) is 31.9 Å². The Morgan fingerprint density at radius 1 is 1.26 bits per heavy atom. The van der Waals surface area contributed by atoms with Crippen LogP contribution in [0.2, 0.25) is 18.1 Å². The van der Waals surface area contributed by atoms with E-state index in [0.717, 1.165) is 0 Å². The Labute approximate surface area is 123 Å². The molecule has 1 rings (SSSR count). The normalized spacial score (nSPS) is 12.9. The predicted octanol–water partition coefficient (Wildman–Crippen LogP) is 5.56. The summed E-state index contributed by atoms with van der Waals surface area (Å²) in [6, 6.07) is 1.21. The zero-order valence-electron chi connectivity index (χ0n) is 12.3. The second-order valence-electron chi connectivity index (χ2n) is 6.32. The Morgan fingerprint density at radius 2 is 1.79 bits per heavy atom. The van der Waals surface area contributed by atoms with Crippen molar-refractivity contribution in [3.63, 3.8) is 0 Å². The zero-order chi connectivity index (χ0) is 15.0. The van der Waals surface area contributed by atoms with E-state index in [4.69, 9.17) is 4.43 Å². The summed E-state index contributed by atoms with van der Waals surface area (Å²) < 4.78 is 33.8. The minimum absolute atomic E-state index is 0.0480. The summed E-state index contributed by atoms with van der Waals surface area (Å²) in [6.07, 6.45) is 0. The van der Waals surface area contributed by atoms with Crippen LogP contribution in [0.5, 0.6) is 0 Å². The molecule has 0 bridgehead atoms. The van der Waals surface area contributed by atoms with Crippen molar-refractivity contribution in [3.05, 3.63) is 33.3 Å². The smallest absolute Gasteiger partial charge is 0.192 e. The minimum Gasteiger partial charge on any atom is -0.412 e. The van der Waals surface area contributed by atoms with E-state index in [1.807, 2.05) is 0 Å². The third kappa shape index (κ3) is 3.64. The van der Waals surface area contributed by atoms with Crippen LogP contribution in [0.3, 0.4) is 0 Å². The highest BCUT2D eigenvalue weighted by Gasteiger charge is 2.37. The van der Waals surface area contributed by atoms with E-state index < -0.39 is 20.0 Å². The molecule has 0 N–H and O–H groups in total. The van der Waals surface area contributed by atoms with Gasteiger partial charge in [-0.25, -0.2) is 8.78 Å². The Bertz CT molecular complexity index is 481. The van der Waals surface area contributed by atoms with E-state index in [9.17, 15) is 8.78 Å². The Hall–Kier alpha value is -0.263. The van der Waals surface area contributed by atoms with Crippen LogP contribution in [0.25, 0.3) is 0 Å². The molecule has 0 atom stereocenters. The number of benzene rings is 1. The lowest BCUT2D eigenvalue weighted by Gasteiger charge is -2.36. The van der Waals surface area contributed by atoms with Crippen molar-refractivity contribution in [2.75, 3.05) is 0 Å². The Morgan fingerprint density at radius 3 is 2.26 bits per heavy atom. The molecule has 0 spiro atoms. The lowest BCUT2D eigenvalue weighted by atomic mass is 10.1. The monoisotopic (exact) mass is 350 g/mol. The summed E-state index contributed by atoms with van der Waals surface area (Å²) in [5.74, 6) is -0.847. The standard InChI is InChI=1S/C14H21BrF2OSi/c1-9-12(15)11(16)7-10(13(9)17)8-18-19(5,6)14(2,3)4/h7H,8H2,1-6H3. The van der Waals surface area contributed by atoms with Crippen LogP contribution >= 0.6 is 15.9 Å². The van der Waals surface area contributed by atoms with Gasteiger partial charge in [-0.05, 0) is 47.1 Å². The van der Waals surface area contributed by atoms with Gasteiger partial charge in [0.05, 0.1) is 11.1 Å². The third-order valence-corrected chi connectivity index (χ3v) is 9.30. The van der Waals surface area contributed by atoms with Gasteiger partial charge in [0.1, 0.15) is 11.6 Å². The van der Waals surface area contributed by atoms with E-state index in [1.54, 1.807) is 6.92 Å². The van der Waals surface area contributed by atoms with Crippen molar-refractivity contribution in [3.8, 4) is 0 Å². The first-order valence-electron chi connectivity index (χ1n) is 6.24. The molecule has 0 aliphatic heterocycles. The molecule has 0 saturated heterocycles. The van der Waals surface area contributed by atoms with Gasteiger partial charge in [-0.2, -0.15) is 0 Å². The van der Waals surface area contributed by atoms with Crippen molar-refractivity contribution in [2.24, 2.45) is 0 Å². The fraction of sp³-hybridized carbons (Fsp3) is 0.571. The molecule has 0 unspecified atom stereocenters. The second kappa shape index (κ2) is 5.62. The highest BCUT2D eigenvalue weighted by atomic mass is 79.9. The molecule has 5 heteroatoms. The van der Waals surface area contributed by atoms with Crippen molar-refractivity contribution < 1.29 is 13.2 Å². The van der Waals surface area contributed by atoms with Crippen molar-refractivity contribution in [1.29, 1.82) is 0 Å². The molecule has 108 valence electrons. The molecular weight excluding hydrogens is 330 g/mol. The zero-order valence-corrected chi connectivity index (χ0v) is 14.9. The summed E-state index contributed by atoms with van der Waals surface area (Å²) >= 11 is 3.04. The minimum atomic E-state index is -1.96. The average molecular weight is 351 g/mol. The third-order valence-electron chi connectivity index (χ3n) is 3.85. The van der Waals surface area contributed by atoms with Crippen LogP contribution in [0.15, 0.2) is 10.5 Å². The number of halogens is 3. The van der Waals surface area contributed by atoms with Gasteiger partial charge >= 0.3 is 0 Å². The molecule has 19 heavy (non-hydrogen) atoms. The van der Waals surface area contributed by atoms with Gasteiger partial charge < -0.3 is 4.43 Å². The van der Waals surface area contributed by atoms with E-state index >= 15 is 0 Å². The lowest BCUT2D eigenvalue weighted by Crippen LogP contribution is -2.40. The second-order valence-corrected chi connectivity index (χ2v) is 11.9. The molecule has 1 nitrogen and oxygen atoms in total. The van der Waals surface area contributed by atoms with Crippen molar-refractivity contribution in [2.45, 2.75) is 52.4 Å². The van der Waals surface area contributed by atoms with Crippen LogP contribution in [0, 0.1) is 18.6 Å². The van der Waals surface area contributed by atoms with Gasteiger partial charge in [0.25, 0.3) is 0 Å². The maximum absolute atomic E-state index is 14.1. The summed E-state index contributed by atoms with van der Waals surface area (Å²) in [5.41, 5.74) is 0.567. The highest BCUT2D eigenvalue weighted by molar-refractivity contribution is 9.10. The SMILES string of the molecule is Cc1c(F)c(CO[Si](C)(C)C(C)(C)C)cc(F)c1Br. The van der Waals surface area contributed by atoms with Crippen LogP contribution in [0.4, 0.5) is 8.78 Å². The van der Waals surface area contributed by atoms with Crippen LogP contribution in [-0.4, -0.2) is 8.32 Å². The summed E-state index contributed by atoms with van der Waals surface area (Å²) in [5, 5.41) is 0.0480. The first kappa shape index (κ1) is 16.8. The summed E-state index contributed by atoms with van der Waals surface area (Å²) in [7, 11) is -1.96. The van der Waals surface area contributed by atoms with Crippen LogP contribution < -0.4 is 0 Å². The fourth-order valence-corrected chi connectivity index (χ4v) is 2.61. The van der Waals surface area contributed by atoms with Gasteiger partial charge in [-0.1, -0.05) is 20.8 Å². The maximum Gasteiger partial charge on any atom is 0.192 e. The first-order valence-corrected chi connectivity index (χ1v) is 9.94. The van der Waals surface area contributed by atoms with Gasteiger partial charge in [0.15, 0.2) is 8.32 Å².